The first-order valence-corrected chi connectivity index (χ1v) is 11.1. The van der Waals surface area contributed by atoms with E-state index in [1.807, 2.05) is 37.3 Å². The Balaban J connectivity index is 1.84. The molecule has 8 nitrogen and oxygen atoms in total. The highest BCUT2D eigenvalue weighted by Gasteiger charge is 2.23. The summed E-state index contributed by atoms with van der Waals surface area (Å²) >= 11 is 12.2. The minimum atomic E-state index is -0.717. The van der Waals surface area contributed by atoms with Crippen molar-refractivity contribution < 1.29 is 4.79 Å². The molecule has 0 bridgehead atoms. The fraction of sp³-hybridized carbons (Fsp3) is 0.261. The van der Waals surface area contributed by atoms with Gasteiger partial charge in [-0.2, -0.15) is 0 Å². The van der Waals surface area contributed by atoms with E-state index in [1.165, 1.54) is 9.47 Å². The van der Waals surface area contributed by atoms with Gasteiger partial charge < -0.3 is 16.0 Å². The minimum absolute atomic E-state index is 0.0583. The van der Waals surface area contributed by atoms with Crippen LogP contribution in [0.25, 0.3) is 0 Å². The van der Waals surface area contributed by atoms with Crippen LogP contribution in [0.4, 0.5) is 11.5 Å². The van der Waals surface area contributed by atoms with E-state index in [9.17, 15) is 14.4 Å². The van der Waals surface area contributed by atoms with Crippen molar-refractivity contribution in [2.45, 2.75) is 26.4 Å². The number of hydrogen-bond acceptors (Lipinski definition) is 5. The molecule has 0 aliphatic carbocycles. The monoisotopic (exact) mass is 489 g/mol. The van der Waals surface area contributed by atoms with E-state index in [-0.39, 0.29) is 43.1 Å². The number of nitrogen functional groups attached to an aromatic ring is 1. The Hall–Kier alpha value is -3.07. The number of aromatic nitrogens is 2. The molecule has 10 heteroatoms. The van der Waals surface area contributed by atoms with Crippen molar-refractivity contribution >= 4 is 40.6 Å². The molecule has 1 heterocycles. The van der Waals surface area contributed by atoms with Crippen LogP contribution in [0.5, 0.6) is 0 Å². The first-order chi connectivity index (χ1) is 15.7. The van der Waals surface area contributed by atoms with Gasteiger partial charge in [-0.1, -0.05) is 59.6 Å². The Bertz CT molecular complexity index is 1260. The van der Waals surface area contributed by atoms with Crippen LogP contribution in [-0.4, -0.2) is 28.5 Å². The number of amides is 1. The summed E-state index contributed by atoms with van der Waals surface area (Å²) in [6.07, 6.45) is 0. The lowest BCUT2D eigenvalue weighted by Gasteiger charge is -2.24. The summed E-state index contributed by atoms with van der Waals surface area (Å²) in [5, 5.41) is 4.11. The van der Waals surface area contributed by atoms with Gasteiger partial charge in [0.25, 0.3) is 5.56 Å². The normalized spacial score (nSPS) is 11.9. The number of nitrogens with two attached hydrogens (primary N) is 1. The Kier molecular flexibility index (Phi) is 7.97. The lowest BCUT2D eigenvalue weighted by atomic mass is 10.1. The average Bonchev–Trinajstić information content (AvgIpc) is 2.78. The summed E-state index contributed by atoms with van der Waals surface area (Å²) in [6.45, 7) is 3.85. The number of likely N-dealkylation sites (N-methyl/N-ethyl adjacent to an activating group) is 1. The van der Waals surface area contributed by atoms with E-state index < -0.39 is 11.2 Å². The minimum Gasteiger partial charge on any atom is -0.383 e. The SMILES string of the molecule is CCN(C(=O)CNC(C)c1ccc(Cl)cc1Cl)c1c(N)n(Cc2ccccc2)c(=O)[nH]c1=O. The summed E-state index contributed by atoms with van der Waals surface area (Å²) in [7, 11) is 0. The van der Waals surface area contributed by atoms with Crippen LogP contribution in [0.3, 0.4) is 0 Å². The van der Waals surface area contributed by atoms with E-state index in [4.69, 9.17) is 28.9 Å². The molecule has 3 rings (SSSR count). The number of nitrogens with one attached hydrogen (secondary N) is 2. The predicted octanol–water partition coefficient (Wildman–Crippen LogP) is 3.18. The molecule has 3 aromatic rings. The molecule has 33 heavy (non-hydrogen) atoms. The fourth-order valence-corrected chi connectivity index (χ4v) is 4.09. The van der Waals surface area contributed by atoms with Gasteiger partial charge >= 0.3 is 5.69 Å². The number of nitrogens with zero attached hydrogens (tertiary/aromatic N) is 2. The van der Waals surface area contributed by atoms with Gasteiger partial charge in [0, 0.05) is 22.6 Å². The highest BCUT2D eigenvalue weighted by atomic mass is 35.5. The topological polar surface area (TPSA) is 113 Å². The van der Waals surface area contributed by atoms with Crippen molar-refractivity contribution in [2.24, 2.45) is 0 Å². The number of carbonyl (C=O) groups is 1. The zero-order valence-electron chi connectivity index (χ0n) is 18.3. The fourth-order valence-electron chi connectivity index (χ4n) is 3.52. The molecule has 2 aromatic carbocycles. The van der Waals surface area contributed by atoms with Crippen LogP contribution in [0.15, 0.2) is 58.1 Å². The average molecular weight is 490 g/mol. The zero-order chi connectivity index (χ0) is 24.1. The number of carbonyl (C=O) groups excluding carboxylic acids is 1. The van der Waals surface area contributed by atoms with E-state index in [1.54, 1.807) is 25.1 Å². The van der Waals surface area contributed by atoms with Crippen molar-refractivity contribution in [1.82, 2.24) is 14.9 Å². The molecule has 0 aliphatic heterocycles. The Morgan fingerprint density at radius 1 is 1.18 bits per heavy atom. The lowest BCUT2D eigenvalue weighted by molar-refractivity contribution is -0.117. The summed E-state index contributed by atoms with van der Waals surface area (Å²) in [6, 6.07) is 14.1. The van der Waals surface area contributed by atoms with E-state index in [0.29, 0.717) is 10.0 Å². The Morgan fingerprint density at radius 2 is 1.88 bits per heavy atom. The number of anilines is 2. The molecular formula is C23H25Cl2N5O3. The van der Waals surface area contributed by atoms with E-state index >= 15 is 0 Å². The van der Waals surface area contributed by atoms with Crippen LogP contribution < -0.4 is 27.2 Å². The van der Waals surface area contributed by atoms with Gasteiger partial charge in [0.1, 0.15) is 5.82 Å². The third kappa shape index (κ3) is 5.65. The highest BCUT2D eigenvalue weighted by Crippen LogP contribution is 2.26. The molecule has 0 aliphatic rings. The third-order valence-corrected chi connectivity index (χ3v) is 5.84. The molecule has 4 N–H and O–H groups in total. The maximum atomic E-state index is 13.0. The van der Waals surface area contributed by atoms with E-state index in [0.717, 1.165) is 11.1 Å². The standard InChI is InChI=1S/C23H25Cl2N5O3/c1-3-29(19(31)12-27-14(2)17-10-9-16(24)11-18(17)25)20-21(26)30(23(33)28-22(20)32)13-15-7-5-4-6-8-15/h4-11,14,27H,3,12-13,26H2,1-2H3,(H,28,32,33). The van der Waals surface area contributed by atoms with Gasteiger partial charge in [0.15, 0.2) is 5.69 Å². The van der Waals surface area contributed by atoms with Gasteiger partial charge in [0.2, 0.25) is 5.91 Å². The van der Waals surface area contributed by atoms with Crippen molar-refractivity contribution in [3.63, 3.8) is 0 Å². The summed E-state index contributed by atoms with van der Waals surface area (Å²) in [5.74, 6) is -0.451. The number of halogens is 2. The first-order valence-electron chi connectivity index (χ1n) is 10.4. The second-order valence-electron chi connectivity index (χ2n) is 7.47. The molecule has 1 atom stereocenters. The van der Waals surface area contributed by atoms with Crippen LogP contribution in [0.1, 0.15) is 31.0 Å². The maximum Gasteiger partial charge on any atom is 0.330 e. The highest BCUT2D eigenvalue weighted by molar-refractivity contribution is 6.35. The van der Waals surface area contributed by atoms with Gasteiger partial charge in [-0.05, 0) is 37.1 Å². The second kappa shape index (κ2) is 10.7. The molecule has 174 valence electrons. The number of hydrogen-bond donors (Lipinski definition) is 3. The summed E-state index contributed by atoms with van der Waals surface area (Å²) < 4.78 is 1.24. The molecule has 1 amide bonds. The maximum absolute atomic E-state index is 13.0. The molecular weight excluding hydrogens is 465 g/mol. The van der Waals surface area contributed by atoms with E-state index in [2.05, 4.69) is 10.3 Å². The number of H-pyrrole nitrogens is 1. The number of benzene rings is 2. The molecule has 1 aromatic heterocycles. The summed E-state index contributed by atoms with van der Waals surface area (Å²) in [5.41, 5.74) is 6.42. The Labute approximate surface area is 200 Å². The number of aromatic amines is 1. The molecule has 0 saturated carbocycles. The van der Waals surface area contributed by atoms with Crippen molar-refractivity contribution in [3.05, 3.63) is 90.5 Å². The zero-order valence-corrected chi connectivity index (χ0v) is 19.8. The van der Waals surface area contributed by atoms with Crippen molar-refractivity contribution in [3.8, 4) is 0 Å². The van der Waals surface area contributed by atoms with Crippen LogP contribution in [0.2, 0.25) is 10.0 Å². The van der Waals surface area contributed by atoms with Gasteiger partial charge in [0.05, 0.1) is 13.1 Å². The third-order valence-electron chi connectivity index (χ3n) is 5.27. The van der Waals surface area contributed by atoms with Crippen LogP contribution in [0, 0.1) is 0 Å². The molecule has 0 spiro atoms. The van der Waals surface area contributed by atoms with Gasteiger partial charge in [-0.25, -0.2) is 4.79 Å². The smallest absolute Gasteiger partial charge is 0.330 e. The largest absolute Gasteiger partial charge is 0.383 e. The molecule has 0 saturated heterocycles. The summed E-state index contributed by atoms with van der Waals surface area (Å²) in [4.78, 5) is 41.6. The van der Waals surface area contributed by atoms with Crippen LogP contribution >= 0.6 is 23.2 Å². The molecule has 1 unspecified atom stereocenters. The lowest BCUT2D eigenvalue weighted by Crippen LogP contribution is -2.44. The predicted molar refractivity (Wildman–Crippen MR) is 132 cm³/mol. The molecule has 0 fully saturated rings. The van der Waals surface area contributed by atoms with Crippen molar-refractivity contribution in [1.29, 1.82) is 0 Å². The second-order valence-corrected chi connectivity index (χ2v) is 8.31. The molecule has 0 radical (unpaired) electrons. The Morgan fingerprint density at radius 3 is 2.52 bits per heavy atom. The quantitative estimate of drug-likeness (QED) is 0.449. The number of rotatable bonds is 8. The van der Waals surface area contributed by atoms with Gasteiger partial charge in [-0.3, -0.25) is 19.1 Å². The van der Waals surface area contributed by atoms with Crippen molar-refractivity contribution in [2.75, 3.05) is 23.7 Å². The van der Waals surface area contributed by atoms with Gasteiger partial charge in [-0.15, -0.1) is 0 Å². The first kappa shape index (κ1) is 24.6. The van der Waals surface area contributed by atoms with Crippen LogP contribution in [-0.2, 0) is 11.3 Å².